The first-order valence-electron chi connectivity index (χ1n) is 8.97. The molecule has 1 saturated carbocycles. The maximum atomic E-state index is 13.5. The first kappa shape index (κ1) is 18.0. The third-order valence-electron chi connectivity index (χ3n) is 5.07. The Morgan fingerprint density at radius 2 is 2.08 bits per heavy atom. The molecule has 0 bridgehead atoms. The summed E-state index contributed by atoms with van der Waals surface area (Å²) in [7, 11) is 0. The summed E-state index contributed by atoms with van der Waals surface area (Å²) in [6.07, 6.45) is 6.24. The lowest BCUT2D eigenvalue weighted by Gasteiger charge is -2.32. The van der Waals surface area contributed by atoms with Gasteiger partial charge in [-0.25, -0.2) is 9.07 Å². The minimum atomic E-state index is -0.992. The average Bonchev–Trinajstić information content (AvgIpc) is 3.06. The fourth-order valence-electron chi connectivity index (χ4n) is 3.46. The van der Waals surface area contributed by atoms with E-state index < -0.39 is 5.60 Å². The third-order valence-corrected chi connectivity index (χ3v) is 5.07. The number of hydrogen-bond donors (Lipinski definition) is 2. The minimum Gasteiger partial charge on any atom is -0.384 e. The van der Waals surface area contributed by atoms with Gasteiger partial charge in [0.2, 0.25) is 0 Å². The van der Waals surface area contributed by atoms with Crippen molar-refractivity contribution in [2.24, 2.45) is 0 Å². The van der Waals surface area contributed by atoms with Gasteiger partial charge in [-0.3, -0.25) is 0 Å². The Morgan fingerprint density at radius 3 is 2.80 bits per heavy atom. The number of hydrogen-bond acceptors (Lipinski definition) is 4. The SMILES string of the molecule is Cc1ccc(F)cc1CN[C@H]1CCCC[C@H]1n1cc(C(C)(C)O)nn1. The maximum Gasteiger partial charge on any atom is 0.123 e. The highest BCUT2D eigenvalue weighted by Gasteiger charge is 2.29. The van der Waals surface area contributed by atoms with Crippen molar-refractivity contribution in [1.82, 2.24) is 20.3 Å². The van der Waals surface area contributed by atoms with Crippen LogP contribution in [-0.4, -0.2) is 26.1 Å². The van der Waals surface area contributed by atoms with E-state index in [1.165, 1.54) is 12.5 Å². The van der Waals surface area contributed by atoms with Crippen LogP contribution in [-0.2, 0) is 12.1 Å². The van der Waals surface area contributed by atoms with Gasteiger partial charge >= 0.3 is 0 Å². The standard InChI is InChI=1S/C19H27FN4O/c1-13-8-9-15(20)10-14(13)11-21-16-6-4-5-7-17(16)24-12-18(22-23-24)19(2,3)25/h8-10,12,16-17,21,25H,4-7,11H2,1-3H3/t16-,17+/m0/s1. The van der Waals surface area contributed by atoms with Gasteiger partial charge in [0.05, 0.1) is 12.2 Å². The van der Waals surface area contributed by atoms with Crippen LogP contribution in [0.2, 0.25) is 0 Å². The summed E-state index contributed by atoms with van der Waals surface area (Å²) in [5.74, 6) is -0.200. The second-order valence-electron chi connectivity index (χ2n) is 7.55. The van der Waals surface area contributed by atoms with Gasteiger partial charge in [0.15, 0.2) is 0 Å². The van der Waals surface area contributed by atoms with Crippen molar-refractivity contribution >= 4 is 0 Å². The Morgan fingerprint density at radius 1 is 1.32 bits per heavy atom. The van der Waals surface area contributed by atoms with Crippen LogP contribution in [0.1, 0.15) is 62.4 Å². The molecule has 1 aromatic heterocycles. The summed E-state index contributed by atoms with van der Waals surface area (Å²) in [6.45, 7) is 6.06. The van der Waals surface area contributed by atoms with Crippen molar-refractivity contribution < 1.29 is 9.50 Å². The van der Waals surface area contributed by atoms with Crippen molar-refractivity contribution in [3.63, 3.8) is 0 Å². The number of aliphatic hydroxyl groups is 1. The molecule has 6 heteroatoms. The lowest BCUT2D eigenvalue weighted by atomic mass is 9.90. The molecule has 1 aliphatic carbocycles. The Bertz CT molecular complexity index is 722. The fourth-order valence-corrected chi connectivity index (χ4v) is 3.46. The highest BCUT2D eigenvalue weighted by Crippen LogP contribution is 2.29. The molecule has 1 heterocycles. The molecule has 1 aromatic carbocycles. The number of halogens is 1. The van der Waals surface area contributed by atoms with E-state index in [1.54, 1.807) is 19.9 Å². The molecule has 136 valence electrons. The van der Waals surface area contributed by atoms with Crippen molar-refractivity contribution in [3.8, 4) is 0 Å². The largest absolute Gasteiger partial charge is 0.384 e. The molecule has 2 N–H and O–H groups in total. The number of aromatic nitrogens is 3. The van der Waals surface area contributed by atoms with Gasteiger partial charge < -0.3 is 10.4 Å². The molecule has 3 rings (SSSR count). The smallest absolute Gasteiger partial charge is 0.123 e. The second-order valence-corrected chi connectivity index (χ2v) is 7.55. The van der Waals surface area contributed by atoms with Gasteiger partial charge in [-0.1, -0.05) is 24.1 Å². The van der Waals surface area contributed by atoms with Gasteiger partial charge in [0, 0.05) is 12.6 Å². The Hall–Kier alpha value is -1.79. The van der Waals surface area contributed by atoms with Crippen LogP contribution in [0.15, 0.2) is 24.4 Å². The number of aryl methyl sites for hydroxylation is 1. The van der Waals surface area contributed by atoms with Crippen LogP contribution in [0.25, 0.3) is 0 Å². The quantitative estimate of drug-likeness (QED) is 0.872. The molecule has 2 atom stereocenters. The third kappa shape index (κ3) is 4.25. The van der Waals surface area contributed by atoms with Crippen molar-refractivity contribution in [2.45, 2.75) is 70.7 Å². The van der Waals surface area contributed by atoms with Gasteiger partial charge in [-0.15, -0.1) is 5.10 Å². The van der Waals surface area contributed by atoms with E-state index >= 15 is 0 Å². The zero-order valence-electron chi connectivity index (χ0n) is 15.2. The summed E-state index contributed by atoms with van der Waals surface area (Å²) in [5.41, 5.74) is 1.67. The molecule has 5 nitrogen and oxygen atoms in total. The van der Waals surface area contributed by atoms with Crippen LogP contribution in [0.5, 0.6) is 0 Å². The van der Waals surface area contributed by atoms with E-state index in [9.17, 15) is 9.50 Å². The lowest BCUT2D eigenvalue weighted by Crippen LogP contribution is -2.39. The molecule has 2 aromatic rings. The molecule has 0 amide bonds. The van der Waals surface area contributed by atoms with Crippen LogP contribution in [0.3, 0.4) is 0 Å². The van der Waals surface area contributed by atoms with Crippen LogP contribution >= 0.6 is 0 Å². The van der Waals surface area contributed by atoms with E-state index in [-0.39, 0.29) is 17.9 Å². The summed E-state index contributed by atoms with van der Waals surface area (Å²) in [4.78, 5) is 0. The molecule has 0 radical (unpaired) electrons. The number of nitrogens with zero attached hydrogens (tertiary/aromatic N) is 3. The molecule has 1 aliphatic rings. The molecular formula is C19H27FN4O. The predicted molar refractivity (Wildman–Crippen MR) is 94.5 cm³/mol. The van der Waals surface area contributed by atoms with Crippen LogP contribution in [0.4, 0.5) is 4.39 Å². The number of rotatable bonds is 5. The first-order valence-corrected chi connectivity index (χ1v) is 8.97. The van der Waals surface area contributed by atoms with Gasteiger partial charge in [0.1, 0.15) is 17.1 Å². The topological polar surface area (TPSA) is 63.0 Å². The summed E-state index contributed by atoms with van der Waals surface area (Å²) in [5, 5.41) is 22.1. The Balaban J connectivity index is 1.73. The second kappa shape index (κ2) is 7.22. The van der Waals surface area contributed by atoms with Crippen LogP contribution in [0, 0.1) is 12.7 Å². The predicted octanol–water partition coefficient (Wildman–Crippen LogP) is 3.23. The fraction of sp³-hybridized carbons (Fsp3) is 0.579. The monoisotopic (exact) mass is 346 g/mol. The summed E-state index contributed by atoms with van der Waals surface area (Å²) in [6, 6.07) is 5.37. The Labute approximate surface area is 148 Å². The molecule has 0 spiro atoms. The summed E-state index contributed by atoms with van der Waals surface area (Å²) >= 11 is 0. The number of benzene rings is 1. The lowest BCUT2D eigenvalue weighted by molar-refractivity contribution is 0.0736. The minimum absolute atomic E-state index is 0.200. The summed E-state index contributed by atoms with van der Waals surface area (Å²) < 4.78 is 15.4. The molecule has 0 aliphatic heterocycles. The molecule has 0 unspecified atom stereocenters. The maximum absolute atomic E-state index is 13.5. The molecule has 0 saturated heterocycles. The molecular weight excluding hydrogens is 319 g/mol. The van der Waals surface area contributed by atoms with Gasteiger partial charge in [0.25, 0.3) is 0 Å². The first-order chi connectivity index (χ1) is 11.8. The number of nitrogens with one attached hydrogen (secondary N) is 1. The zero-order chi connectivity index (χ0) is 18.0. The van der Waals surface area contributed by atoms with Gasteiger partial charge in [-0.05, 0) is 56.9 Å². The molecule has 25 heavy (non-hydrogen) atoms. The highest BCUT2D eigenvalue weighted by molar-refractivity contribution is 5.26. The van der Waals surface area contributed by atoms with E-state index in [0.717, 1.165) is 30.4 Å². The van der Waals surface area contributed by atoms with Crippen molar-refractivity contribution in [3.05, 3.63) is 47.0 Å². The Kier molecular flexibility index (Phi) is 5.20. The van der Waals surface area contributed by atoms with Gasteiger partial charge in [-0.2, -0.15) is 0 Å². The van der Waals surface area contributed by atoms with E-state index in [1.807, 2.05) is 23.9 Å². The van der Waals surface area contributed by atoms with Crippen molar-refractivity contribution in [2.75, 3.05) is 0 Å². The van der Waals surface area contributed by atoms with E-state index in [4.69, 9.17) is 0 Å². The van der Waals surface area contributed by atoms with Crippen LogP contribution < -0.4 is 5.32 Å². The zero-order valence-corrected chi connectivity index (χ0v) is 15.2. The highest BCUT2D eigenvalue weighted by atomic mass is 19.1. The van der Waals surface area contributed by atoms with E-state index in [0.29, 0.717) is 12.2 Å². The normalized spacial score (nSPS) is 21.5. The van der Waals surface area contributed by atoms with Crippen molar-refractivity contribution in [1.29, 1.82) is 0 Å². The van der Waals surface area contributed by atoms with E-state index in [2.05, 4.69) is 15.6 Å². The average molecular weight is 346 g/mol. The molecule has 1 fully saturated rings.